The lowest BCUT2D eigenvalue weighted by atomic mass is 10.0. The quantitative estimate of drug-likeness (QED) is 0.667. The SMILES string of the molecule is Cc1cc(C=Cc2ccncc2)ccc1C=Cc1ccncc1. The fourth-order valence-electron chi connectivity index (χ4n) is 2.32. The summed E-state index contributed by atoms with van der Waals surface area (Å²) in [6, 6.07) is 14.5. The van der Waals surface area contributed by atoms with E-state index in [1.165, 1.54) is 16.7 Å². The van der Waals surface area contributed by atoms with Crippen molar-refractivity contribution in [3.8, 4) is 0 Å². The molecule has 2 aromatic heterocycles. The summed E-state index contributed by atoms with van der Waals surface area (Å²) in [6.07, 6.45) is 15.7. The lowest BCUT2D eigenvalue weighted by molar-refractivity contribution is 1.32. The molecular weight excluding hydrogens is 280 g/mol. The average Bonchev–Trinajstić information content (AvgIpc) is 2.61. The van der Waals surface area contributed by atoms with Crippen molar-refractivity contribution < 1.29 is 0 Å². The molecule has 3 aromatic rings. The maximum Gasteiger partial charge on any atom is 0.0273 e. The topological polar surface area (TPSA) is 25.8 Å². The predicted octanol–water partition coefficient (Wildman–Crippen LogP) is 5.13. The van der Waals surface area contributed by atoms with Crippen molar-refractivity contribution >= 4 is 24.3 Å². The minimum Gasteiger partial charge on any atom is -0.265 e. The predicted molar refractivity (Wildman–Crippen MR) is 97.5 cm³/mol. The van der Waals surface area contributed by atoms with Crippen LogP contribution in [0, 0.1) is 6.92 Å². The van der Waals surface area contributed by atoms with Crippen LogP contribution < -0.4 is 0 Å². The normalized spacial score (nSPS) is 11.3. The molecule has 2 nitrogen and oxygen atoms in total. The monoisotopic (exact) mass is 298 g/mol. The van der Waals surface area contributed by atoms with Crippen LogP contribution >= 0.6 is 0 Å². The molecule has 2 heterocycles. The molecule has 23 heavy (non-hydrogen) atoms. The van der Waals surface area contributed by atoms with Gasteiger partial charge in [-0.1, -0.05) is 42.5 Å². The van der Waals surface area contributed by atoms with E-state index >= 15 is 0 Å². The van der Waals surface area contributed by atoms with E-state index in [0.29, 0.717) is 0 Å². The number of aromatic nitrogens is 2. The zero-order valence-corrected chi connectivity index (χ0v) is 13.1. The number of nitrogens with zero attached hydrogens (tertiary/aromatic N) is 2. The van der Waals surface area contributed by atoms with Gasteiger partial charge >= 0.3 is 0 Å². The minimum absolute atomic E-state index is 1.15. The van der Waals surface area contributed by atoms with Gasteiger partial charge in [0.05, 0.1) is 0 Å². The summed E-state index contributed by atoms with van der Waals surface area (Å²) in [5.74, 6) is 0. The smallest absolute Gasteiger partial charge is 0.0273 e. The Morgan fingerprint density at radius 2 is 1.13 bits per heavy atom. The fourth-order valence-corrected chi connectivity index (χ4v) is 2.32. The third kappa shape index (κ3) is 4.24. The molecule has 1 aromatic carbocycles. The second-order valence-corrected chi connectivity index (χ2v) is 5.34. The molecule has 0 N–H and O–H groups in total. The van der Waals surface area contributed by atoms with Crippen LogP contribution in [0.1, 0.15) is 27.8 Å². The van der Waals surface area contributed by atoms with Gasteiger partial charge in [0, 0.05) is 24.8 Å². The zero-order valence-electron chi connectivity index (χ0n) is 13.1. The zero-order chi connectivity index (χ0) is 15.9. The summed E-state index contributed by atoms with van der Waals surface area (Å²) < 4.78 is 0. The summed E-state index contributed by atoms with van der Waals surface area (Å²) in [5.41, 5.74) is 5.98. The molecule has 112 valence electrons. The van der Waals surface area contributed by atoms with Crippen molar-refractivity contribution in [2.75, 3.05) is 0 Å². The van der Waals surface area contributed by atoms with Crippen LogP contribution in [-0.2, 0) is 0 Å². The Labute approximate surface area is 136 Å². The fraction of sp³-hybridized carbons (Fsp3) is 0.0476. The molecule has 0 fully saturated rings. The molecule has 3 rings (SSSR count). The van der Waals surface area contributed by atoms with Gasteiger partial charge in [0.1, 0.15) is 0 Å². The molecule has 0 aliphatic rings. The molecule has 0 amide bonds. The second kappa shape index (κ2) is 7.32. The highest BCUT2D eigenvalue weighted by Gasteiger charge is 1.96. The van der Waals surface area contributed by atoms with E-state index < -0.39 is 0 Å². The van der Waals surface area contributed by atoms with Crippen LogP contribution in [0.25, 0.3) is 24.3 Å². The third-order valence-electron chi connectivity index (χ3n) is 3.63. The van der Waals surface area contributed by atoms with Gasteiger partial charge in [0.15, 0.2) is 0 Å². The molecule has 0 saturated carbocycles. The Balaban J connectivity index is 1.76. The lowest BCUT2D eigenvalue weighted by Gasteiger charge is -2.02. The second-order valence-electron chi connectivity index (χ2n) is 5.34. The Kier molecular flexibility index (Phi) is 4.75. The standard InChI is InChI=1S/C21H18N2/c1-17-16-20(3-2-18-8-12-22-13-9-18)5-7-21(17)6-4-19-10-14-23-15-11-19/h2-16H,1H3. The average molecular weight is 298 g/mol. The molecular formula is C21H18N2. The molecule has 2 heteroatoms. The van der Waals surface area contributed by atoms with E-state index in [0.717, 1.165) is 11.1 Å². The third-order valence-corrected chi connectivity index (χ3v) is 3.63. The Hall–Kier alpha value is -3.00. The highest BCUT2D eigenvalue weighted by Crippen LogP contribution is 2.16. The van der Waals surface area contributed by atoms with Crippen LogP contribution in [0.15, 0.2) is 67.3 Å². The van der Waals surface area contributed by atoms with Gasteiger partial charge in [-0.25, -0.2) is 0 Å². The van der Waals surface area contributed by atoms with E-state index in [-0.39, 0.29) is 0 Å². The van der Waals surface area contributed by atoms with Crippen molar-refractivity contribution in [1.82, 2.24) is 9.97 Å². The number of hydrogen-bond acceptors (Lipinski definition) is 2. The van der Waals surface area contributed by atoms with Gasteiger partial charge in [0.2, 0.25) is 0 Å². The molecule has 0 aliphatic carbocycles. The minimum atomic E-state index is 1.15. The molecule has 0 saturated heterocycles. The number of benzene rings is 1. The summed E-state index contributed by atoms with van der Waals surface area (Å²) in [6.45, 7) is 2.13. The van der Waals surface area contributed by atoms with Crippen LogP contribution in [0.2, 0.25) is 0 Å². The van der Waals surface area contributed by atoms with Gasteiger partial charge in [-0.05, 0) is 59.0 Å². The van der Waals surface area contributed by atoms with Gasteiger partial charge in [-0.3, -0.25) is 9.97 Å². The van der Waals surface area contributed by atoms with E-state index in [1.807, 2.05) is 24.3 Å². The van der Waals surface area contributed by atoms with Gasteiger partial charge < -0.3 is 0 Å². The lowest BCUT2D eigenvalue weighted by Crippen LogP contribution is -1.83. The molecule has 0 spiro atoms. The summed E-state index contributed by atoms with van der Waals surface area (Å²) in [7, 11) is 0. The van der Waals surface area contributed by atoms with Gasteiger partial charge in [0.25, 0.3) is 0 Å². The Morgan fingerprint density at radius 1 is 0.609 bits per heavy atom. The van der Waals surface area contributed by atoms with Gasteiger partial charge in [-0.15, -0.1) is 0 Å². The Morgan fingerprint density at radius 3 is 1.70 bits per heavy atom. The van der Waals surface area contributed by atoms with E-state index in [2.05, 4.69) is 59.4 Å². The number of rotatable bonds is 4. The first-order valence-corrected chi connectivity index (χ1v) is 7.58. The van der Waals surface area contributed by atoms with Crippen molar-refractivity contribution in [2.45, 2.75) is 6.92 Å². The molecule has 0 atom stereocenters. The first kappa shape index (κ1) is 14.9. The Bertz CT molecular complexity index is 819. The molecule has 0 bridgehead atoms. The molecule has 0 unspecified atom stereocenters. The largest absolute Gasteiger partial charge is 0.265 e. The maximum atomic E-state index is 4.03. The molecule has 0 aliphatic heterocycles. The van der Waals surface area contributed by atoms with Crippen LogP contribution in [0.3, 0.4) is 0 Å². The first-order chi connectivity index (χ1) is 11.3. The van der Waals surface area contributed by atoms with Crippen molar-refractivity contribution in [2.24, 2.45) is 0 Å². The summed E-state index contributed by atoms with van der Waals surface area (Å²) >= 11 is 0. The highest BCUT2D eigenvalue weighted by molar-refractivity contribution is 5.74. The van der Waals surface area contributed by atoms with Gasteiger partial charge in [-0.2, -0.15) is 0 Å². The molecule has 0 radical (unpaired) electrons. The van der Waals surface area contributed by atoms with Crippen LogP contribution in [0.4, 0.5) is 0 Å². The van der Waals surface area contributed by atoms with Crippen molar-refractivity contribution in [3.05, 3.63) is 95.1 Å². The van der Waals surface area contributed by atoms with E-state index in [1.54, 1.807) is 24.8 Å². The maximum absolute atomic E-state index is 4.03. The van der Waals surface area contributed by atoms with Crippen LogP contribution in [0.5, 0.6) is 0 Å². The summed E-state index contributed by atoms with van der Waals surface area (Å²) in [4.78, 5) is 8.06. The highest BCUT2D eigenvalue weighted by atomic mass is 14.6. The first-order valence-electron chi connectivity index (χ1n) is 7.58. The number of aryl methyl sites for hydroxylation is 1. The van der Waals surface area contributed by atoms with Crippen molar-refractivity contribution in [1.29, 1.82) is 0 Å². The van der Waals surface area contributed by atoms with E-state index in [9.17, 15) is 0 Å². The number of hydrogen-bond donors (Lipinski definition) is 0. The van der Waals surface area contributed by atoms with Crippen LogP contribution in [-0.4, -0.2) is 9.97 Å². The summed E-state index contributed by atoms with van der Waals surface area (Å²) in [5, 5.41) is 0. The van der Waals surface area contributed by atoms with Crippen molar-refractivity contribution in [3.63, 3.8) is 0 Å². The van der Waals surface area contributed by atoms with E-state index in [4.69, 9.17) is 0 Å². The number of pyridine rings is 2.